The largest absolute Gasteiger partial charge is 0.463 e. The Bertz CT molecular complexity index is 432. The molecule has 1 fully saturated rings. The summed E-state index contributed by atoms with van der Waals surface area (Å²) in [5.41, 5.74) is 0. The van der Waals surface area contributed by atoms with Crippen LogP contribution >= 0.6 is 11.6 Å². The first-order valence-electron chi connectivity index (χ1n) is 6.52. The van der Waals surface area contributed by atoms with E-state index in [1.165, 1.54) is 0 Å². The van der Waals surface area contributed by atoms with Crippen LogP contribution in [0.25, 0.3) is 0 Å². The summed E-state index contributed by atoms with van der Waals surface area (Å²) in [6, 6.07) is 0.483. The number of nitrogens with zero attached hydrogens (tertiary/aromatic N) is 4. The van der Waals surface area contributed by atoms with Gasteiger partial charge in [0, 0.05) is 6.54 Å². The maximum Gasteiger partial charge on any atom is 0.322 e. The quantitative estimate of drug-likeness (QED) is 0.843. The van der Waals surface area contributed by atoms with Crippen LogP contribution < -0.4 is 9.64 Å². The van der Waals surface area contributed by atoms with Gasteiger partial charge in [-0.05, 0) is 31.9 Å². The van der Waals surface area contributed by atoms with Crippen molar-refractivity contribution in [3.05, 3.63) is 5.28 Å². The summed E-state index contributed by atoms with van der Waals surface area (Å²) in [7, 11) is 0. The molecular formula is C12H19ClN4O2. The third-order valence-electron chi connectivity index (χ3n) is 2.88. The highest BCUT2D eigenvalue weighted by Gasteiger charge is 2.26. The van der Waals surface area contributed by atoms with E-state index >= 15 is 0 Å². The summed E-state index contributed by atoms with van der Waals surface area (Å²) in [6.45, 7) is 8.06. The van der Waals surface area contributed by atoms with Crippen LogP contribution in [0.15, 0.2) is 0 Å². The van der Waals surface area contributed by atoms with Gasteiger partial charge in [0.05, 0.1) is 25.4 Å². The van der Waals surface area contributed by atoms with Crippen molar-refractivity contribution in [1.29, 1.82) is 0 Å². The minimum absolute atomic E-state index is 0.145. The molecule has 7 heteroatoms. The second-order valence-electron chi connectivity index (χ2n) is 4.68. The molecule has 2 atom stereocenters. The van der Waals surface area contributed by atoms with E-state index < -0.39 is 0 Å². The minimum atomic E-state index is 0.145. The Balaban J connectivity index is 2.20. The summed E-state index contributed by atoms with van der Waals surface area (Å²) >= 11 is 5.93. The number of hydrogen-bond acceptors (Lipinski definition) is 6. The molecule has 2 rings (SSSR count). The maximum absolute atomic E-state index is 5.93. The predicted molar refractivity (Wildman–Crippen MR) is 72.8 cm³/mol. The van der Waals surface area contributed by atoms with Gasteiger partial charge in [0.15, 0.2) is 0 Å². The fraction of sp³-hybridized carbons (Fsp3) is 0.750. The SMILES string of the molecule is CCCOc1nc(Cl)nc(N2CC(C)OCC2C)n1. The first-order valence-corrected chi connectivity index (χ1v) is 6.90. The van der Waals surface area contributed by atoms with Crippen LogP contribution in [0.2, 0.25) is 5.28 Å². The highest BCUT2D eigenvalue weighted by atomic mass is 35.5. The van der Waals surface area contributed by atoms with E-state index in [2.05, 4.69) is 26.8 Å². The highest BCUT2D eigenvalue weighted by Crippen LogP contribution is 2.21. The fourth-order valence-electron chi connectivity index (χ4n) is 1.89. The molecule has 0 N–H and O–H groups in total. The van der Waals surface area contributed by atoms with E-state index in [1.807, 2.05) is 13.8 Å². The average molecular weight is 287 g/mol. The molecule has 2 heterocycles. The standard InChI is InChI=1S/C12H19ClN4O2/c1-4-5-18-12-15-10(13)14-11(16-12)17-6-9(3)19-7-8(17)2/h8-9H,4-7H2,1-3H3. The highest BCUT2D eigenvalue weighted by molar-refractivity contribution is 6.28. The molecule has 0 spiro atoms. The third kappa shape index (κ3) is 3.67. The van der Waals surface area contributed by atoms with Crippen molar-refractivity contribution in [1.82, 2.24) is 15.0 Å². The molecule has 0 saturated carbocycles. The van der Waals surface area contributed by atoms with Crippen LogP contribution in [0, 0.1) is 0 Å². The lowest BCUT2D eigenvalue weighted by atomic mass is 10.2. The molecular weight excluding hydrogens is 268 g/mol. The molecule has 1 aliphatic rings. The molecule has 0 radical (unpaired) electrons. The molecule has 6 nitrogen and oxygen atoms in total. The molecule has 0 aliphatic carbocycles. The molecule has 106 valence electrons. The zero-order chi connectivity index (χ0) is 13.8. The first-order chi connectivity index (χ1) is 9.10. The van der Waals surface area contributed by atoms with E-state index in [0.717, 1.165) is 13.0 Å². The van der Waals surface area contributed by atoms with Gasteiger partial charge in [-0.3, -0.25) is 0 Å². The first kappa shape index (κ1) is 14.3. The number of rotatable bonds is 4. The lowest BCUT2D eigenvalue weighted by Gasteiger charge is -2.36. The van der Waals surface area contributed by atoms with Crippen molar-refractivity contribution < 1.29 is 9.47 Å². The van der Waals surface area contributed by atoms with E-state index in [9.17, 15) is 0 Å². The number of hydrogen-bond donors (Lipinski definition) is 0. The average Bonchev–Trinajstić information content (AvgIpc) is 2.38. The van der Waals surface area contributed by atoms with Gasteiger partial charge in [-0.2, -0.15) is 15.0 Å². The van der Waals surface area contributed by atoms with Gasteiger partial charge in [-0.1, -0.05) is 6.92 Å². The van der Waals surface area contributed by atoms with Crippen LogP contribution in [0.5, 0.6) is 6.01 Å². The maximum atomic E-state index is 5.93. The Morgan fingerprint density at radius 3 is 2.89 bits per heavy atom. The van der Waals surface area contributed by atoms with Crippen molar-refractivity contribution in [3.8, 4) is 6.01 Å². The zero-order valence-electron chi connectivity index (χ0n) is 11.5. The van der Waals surface area contributed by atoms with Crippen molar-refractivity contribution >= 4 is 17.5 Å². The second-order valence-corrected chi connectivity index (χ2v) is 5.02. The van der Waals surface area contributed by atoms with Crippen molar-refractivity contribution in [2.45, 2.75) is 39.3 Å². The van der Waals surface area contributed by atoms with Gasteiger partial charge in [-0.25, -0.2) is 0 Å². The van der Waals surface area contributed by atoms with Crippen LogP contribution in [0.3, 0.4) is 0 Å². The van der Waals surface area contributed by atoms with E-state index in [4.69, 9.17) is 21.1 Å². The van der Waals surface area contributed by atoms with Gasteiger partial charge < -0.3 is 14.4 Å². The molecule has 1 aromatic heterocycles. The van der Waals surface area contributed by atoms with E-state index in [0.29, 0.717) is 19.2 Å². The summed E-state index contributed by atoms with van der Waals surface area (Å²) < 4.78 is 11.0. The molecule has 19 heavy (non-hydrogen) atoms. The summed E-state index contributed by atoms with van der Waals surface area (Å²) in [5, 5.41) is 0.155. The van der Waals surface area contributed by atoms with Crippen LogP contribution in [-0.4, -0.2) is 46.9 Å². The number of anilines is 1. The lowest BCUT2D eigenvalue weighted by Crippen LogP contribution is -2.48. The Labute approximate surface area is 118 Å². The lowest BCUT2D eigenvalue weighted by molar-refractivity contribution is 0.0336. The van der Waals surface area contributed by atoms with Gasteiger partial charge in [0.25, 0.3) is 0 Å². The fourth-order valence-corrected chi connectivity index (χ4v) is 2.04. The van der Waals surface area contributed by atoms with Crippen LogP contribution in [0.1, 0.15) is 27.2 Å². The van der Waals surface area contributed by atoms with Gasteiger partial charge in [0.2, 0.25) is 11.2 Å². The smallest absolute Gasteiger partial charge is 0.322 e. The number of ether oxygens (including phenoxy) is 2. The molecule has 1 aromatic rings. The Hall–Kier alpha value is -1.14. The number of aromatic nitrogens is 3. The Kier molecular flexibility index (Phi) is 4.76. The van der Waals surface area contributed by atoms with E-state index in [-0.39, 0.29) is 23.4 Å². The topological polar surface area (TPSA) is 60.4 Å². The minimum Gasteiger partial charge on any atom is -0.463 e. The summed E-state index contributed by atoms with van der Waals surface area (Å²) in [4.78, 5) is 14.5. The number of morpholine rings is 1. The molecule has 1 saturated heterocycles. The molecule has 0 bridgehead atoms. The summed E-state index contributed by atoms with van der Waals surface area (Å²) in [6.07, 6.45) is 1.04. The molecule has 0 aromatic carbocycles. The third-order valence-corrected chi connectivity index (χ3v) is 3.04. The summed E-state index contributed by atoms with van der Waals surface area (Å²) in [5.74, 6) is 0.550. The van der Waals surface area contributed by atoms with Gasteiger partial charge in [-0.15, -0.1) is 0 Å². The predicted octanol–water partition coefficient (Wildman–Crippen LogP) is 1.93. The Morgan fingerprint density at radius 1 is 1.37 bits per heavy atom. The van der Waals surface area contributed by atoms with E-state index in [1.54, 1.807) is 0 Å². The van der Waals surface area contributed by atoms with Crippen molar-refractivity contribution in [2.75, 3.05) is 24.7 Å². The van der Waals surface area contributed by atoms with Crippen LogP contribution in [0.4, 0.5) is 5.95 Å². The van der Waals surface area contributed by atoms with Gasteiger partial charge in [0.1, 0.15) is 0 Å². The van der Waals surface area contributed by atoms with Crippen LogP contribution in [-0.2, 0) is 4.74 Å². The van der Waals surface area contributed by atoms with Crippen molar-refractivity contribution in [2.24, 2.45) is 0 Å². The zero-order valence-corrected chi connectivity index (χ0v) is 12.2. The van der Waals surface area contributed by atoms with Crippen molar-refractivity contribution in [3.63, 3.8) is 0 Å². The second kappa shape index (κ2) is 6.34. The van der Waals surface area contributed by atoms with Gasteiger partial charge >= 0.3 is 6.01 Å². The molecule has 2 unspecified atom stereocenters. The normalized spacial score (nSPS) is 23.5. The molecule has 0 amide bonds. The Morgan fingerprint density at radius 2 is 2.16 bits per heavy atom. The monoisotopic (exact) mass is 286 g/mol. The molecule has 1 aliphatic heterocycles. The number of halogens is 1.